The molecule has 0 bridgehead atoms. The standard InChI is InChI=1S/C31H34N2O2/c34-31(33-19-5-6-20-33)15-14-27-9-3-4-11-30(27)35-23-7-18-32-21-16-26(17-22-32)29-13-12-25-8-1-2-10-28(25)24-29/h1-4,8-16,24H,5-7,17-23H2. The summed E-state index contributed by atoms with van der Waals surface area (Å²) in [6.45, 7) is 5.50. The van der Waals surface area contributed by atoms with Crippen molar-refractivity contribution in [2.24, 2.45) is 0 Å². The Balaban J connectivity index is 1.09. The third kappa shape index (κ3) is 6.01. The average molecular weight is 467 g/mol. The fourth-order valence-corrected chi connectivity index (χ4v) is 4.99. The normalized spacial score (nSPS) is 16.7. The molecule has 0 spiro atoms. The Morgan fingerprint density at radius 3 is 2.54 bits per heavy atom. The number of hydrogen-bond donors (Lipinski definition) is 0. The Kier molecular flexibility index (Phi) is 7.59. The maximum absolute atomic E-state index is 12.3. The smallest absolute Gasteiger partial charge is 0.246 e. The van der Waals surface area contributed by atoms with Crippen LogP contribution in [0.3, 0.4) is 0 Å². The zero-order valence-electron chi connectivity index (χ0n) is 20.4. The third-order valence-corrected chi connectivity index (χ3v) is 7.03. The van der Waals surface area contributed by atoms with Crippen LogP contribution in [-0.4, -0.2) is 55.0 Å². The van der Waals surface area contributed by atoms with E-state index >= 15 is 0 Å². The molecule has 2 heterocycles. The van der Waals surface area contributed by atoms with Gasteiger partial charge in [-0.25, -0.2) is 0 Å². The topological polar surface area (TPSA) is 32.8 Å². The van der Waals surface area contributed by atoms with E-state index < -0.39 is 0 Å². The third-order valence-electron chi connectivity index (χ3n) is 7.03. The first-order chi connectivity index (χ1) is 17.3. The highest BCUT2D eigenvalue weighted by Gasteiger charge is 2.16. The Morgan fingerprint density at radius 2 is 1.71 bits per heavy atom. The molecule has 0 radical (unpaired) electrons. The summed E-state index contributed by atoms with van der Waals surface area (Å²) in [7, 11) is 0. The number of amides is 1. The van der Waals surface area contributed by atoms with Gasteiger partial charge in [-0.15, -0.1) is 0 Å². The minimum absolute atomic E-state index is 0.0958. The van der Waals surface area contributed by atoms with Crippen LogP contribution in [0, 0.1) is 0 Å². The average Bonchev–Trinajstić information content (AvgIpc) is 3.46. The van der Waals surface area contributed by atoms with Crippen molar-refractivity contribution in [3.8, 4) is 5.75 Å². The van der Waals surface area contributed by atoms with Crippen molar-refractivity contribution in [2.75, 3.05) is 39.3 Å². The molecule has 4 nitrogen and oxygen atoms in total. The van der Waals surface area contributed by atoms with Crippen molar-refractivity contribution in [1.29, 1.82) is 0 Å². The fourth-order valence-electron chi connectivity index (χ4n) is 4.99. The highest BCUT2D eigenvalue weighted by molar-refractivity contribution is 5.92. The lowest BCUT2D eigenvalue weighted by atomic mass is 9.97. The van der Waals surface area contributed by atoms with Crippen molar-refractivity contribution in [1.82, 2.24) is 9.80 Å². The summed E-state index contributed by atoms with van der Waals surface area (Å²) in [5, 5.41) is 2.60. The summed E-state index contributed by atoms with van der Waals surface area (Å²) in [6.07, 6.45) is 10.2. The number of likely N-dealkylation sites (tertiary alicyclic amines) is 1. The molecule has 1 saturated heterocycles. The van der Waals surface area contributed by atoms with E-state index in [0.29, 0.717) is 6.61 Å². The highest BCUT2D eigenvalue weighted by Crippen LogP contribution is 2.26. The van der Waals surface area contributed by atoms with Crippen LogP contribution < -0.4 is 4.74 Å². The number of rotatable bonds is 8. The summed E-state index contributed by atoms with van der Waals surface area (Å²) in [4.78, 5) is 16.7. The van der Waals surface area contributed by atoms with E-state index in [9.17, 15) is 4.79 Å². The number of nitrogens with zero attached hydrogens (tertiary/aromatic N) is 2. The second kappa shape index (κ2) is 11.4. The van der Waals surface area contributed by atoms with Crippen molar-refractivity contribution in [3.63, 3.8) is 0 Å². The van der Waals surface area contributed by atoms with Crippen LogP contribution in [-0.2, 0) is 4.79 Å². The summed E-state index contributed by atoms with van der Waals surface area (Å²) >= 11 is 0. The van der Waals surface area contributed by atoms with Gasteiger partial charge in [-0.3, -0.25) is 9.69 Å². The maximum Gasteiger partial charge on any atom is 0.246 e. The molecule has 3 aromatic rings. The molecule has 3 aromatic carbocycles. The first-order valence-electron chi connectivity index (χ1n) is 12.9. The molecule has 0 aromatic heterocycles. The SMILES string of the molecule is O=C(C=Cc1ccccc1OCCCN1CC=C(c2ccc3ccccc3c2)CC1)N1CCCC1. The molecule has 180 valence electrons. The van der Waals surface area contributed by atoms with Crippen LogP contribution in [0.15, 0.2) is 78.9 Å². The molecule has 0 unspecified atom stereocenters. The predicted molar refractivity (Wildman–Crippen MR) is 144 cm³/mol. The fraction of sp³-hybridized carbons (Fsp3) is 0.323. The molecule has 4 heteroatoms. The number of para-hydroxylation sites is 1. The molecule has 2 aliphatic heterocycles. The van der Waals surface area contributed by atoms with Gasteiger partial charge in [0.05, 0.1) is 6.61 Å². The van der Waals surface area contributed by atoms with Gasteiger partial charge in [0.25, 0.3) is 0 Å². The van der Waals surface area contributed by atoms with Gasteiger partial charge in [-0.2, -0.15) is 0 Å². The molecule has 1 amide bonds. The van der Waals surface area contributed by atoms with Gasteiger partial charge in [0.2, 0.25) is 5.91 Å². The lowest BCUT2D eigenvalue weighted by molar-refractivity contribution is -0.124. The molecule has 0 aliphatic carbocycles. The first-order valence-corrected chi connectivity index (χ1v) is 12.9. The summed E-state index contributed by atoms with van der Waals surface area (Å²) in [5.41, 5.74) is 3.76. The monoisotopic (exact) mass is 466 g/mol. The summed E-state index contributed by atoms with van der Waals surface area (Å²) < 4.78 is 6.10. The van der Waals surface area contributed by atoms with E-state index in [0.717, 1.165) is 69.7 Å². The van der Waals surface area contributed by atoms with Crippen LogP contribution in [0.5, 0.6) is 5.75 Å². The number of fused-ring (bicyclic) bond motifs is 1. The lowest BCUT2D eigenvalue weighted by Crippen LogP contribution is -2.30. The summed E-state index contributed by atoms with van der Waals surface area (Å²) in [5.74, 6) is 0.939. The number of hydrogen-bond acceptors (Lipinski definition) is 3. The van der Waals surface area contributed by atoms with E-state index in [1.165, 1.54) is 21.9 Å². The number of ether oxygens (including phenoxy) is 1. The van der Waals surface area contributed by atoms with Gasteiger partial charge in [0.1, 0.15) is 5.75 Å². The molecular formula is C31H34N2O2. The Bertz CT molecular complexity index is 1220. The molecule has 0 saturated carbocycles. The zero-order valence-corrected chi connectivity index (χ0v) is 20.4. The van der Waals surface area contributed by atoms with E-state index in [-0.39, 0.29) is 5.91 Å². The van der Waals surface area contributed by atoms with Crippen LogP contribution in [0.2, 0.25) is 0 Å². The highest BCUT2D eigenvalue weighted by atomic mass is 16.5. The first kappa shape index (κ1) is 23.4. The number of carbonyl (C=O) groups is 1. The van der Waals surface area contributed by atoms with E-state index in [2.05, 4.69) is 53.4 Å². The molecule has 5 rings (SSSR count). The van der Waals surface area contributed by atoms with Gasteiger partial charge >= 0.3 is 0 Å². The maximum atomic E-state index is 12.3. The molecule has 2 aliphatic rings. The van der Waals surface area contributed by atoms with Crippen LogP contribution >= 0.6 is 0 Å². The minimum atomic E-state index is 0.0958. The summed E-state index contributed by atoms with van der Waals surface area (Å²) in [6, 6.07) is 23.3. The zero-order chi connectivity index (χ0) is 23.9. The second-order valence-corrected chi connectivity index (χ2v) is 9.45. The van der Waals surface area contributed by atoms with Crippen LogP contribution in [0.4, 0.5) is 0 Å². The number of carbonyl (C=O) groups excluding carboxylic acids is 1. The quantitative estimate of drug-likeness (QED) is 0.300. The van der Waals surface area contributed by atoms with E-state index in [4.69, 9.17) is 4.74 Å². The van der Waals surface area contributed by atoms with Crippen molar-refractivity contribution < 1.29 is 9.53 Å². The number of benzene rings is 3. The Labute approximate surface area is 208 Å². The van der Waals surface area contributed by atoms with Crippen molar-refractivity contribution in [2.45, 2.75) is 25.7 Å². The van der Waals surface area contributed by atoms with Gasteiger partial charge < -0.3 is 9.64 Å². The molecule has 1 fully saturated rings. The second-order valence-electron chi connectivity index (χ2n) is 9.45. The van der Waals surface area contributed by atoms with E-state index in [1.54, 1.807) is 6.08 Å². The lowest BCUT2D eigenvalue weighted by Gasteiger charge is -2.26. The van der Waals surface area contributed by atoms with E-state index in [1.807, 2.05) is 35.2 Å². The van der Waals surface area contributed by atoms with Gasteiger partial charge in [-0.1, -0.05) is 60.7 Å². The molecule has 0 atom stereocenters. The minimum Gasteiger partial charge on any atom is -0.493 e. The Morgan fingerprint density at radius 1 is 0.914 bits per heavy atom. The molecule has 0 N–H and O–H groups in total. The van der Waals surface area contributed by atoms with Gasteiger partial charge in [0, 0.05) is 44.4 Å². The molecular weight excluding hydrogens is 432 g/mol. The van der Waals surface area contributed by atoms with Crippen molar-refractivity contribution in [3.05, 3.63) is 90.0 Å². The predicted octanol–water partition coefficient (Wildman–Crippen LogP) is 6.03. The van der Waals surface area contributed by atoms with Crippen LogP contribution in [0.25, 0.3) is 22.4 Å². The Hall–Kier alpha value is -3.37. The largest absolute Gasteiger partial charge is 0.493 e. The van der Waals surface area contributed by atoms with Gasteiger partial charge in [0.15, 0.2) is 0 Å². The van der Waals surface area contributed by atoms with Gasteiger partial charge in [-0.05, 0) is 65.8 Å². The van der Waals surface area contributed by atoms with Crippen LogP contribution in [0.1, 0.15) is 36.8 Å². The molecule has 35 heavy (non-hydrogen) atoms. The van der Waals surface area contributed by atoms with Crippen molar-refractivity contribution >= 4 is 28.3 Å².